The minimum absolute atomic E-state index is 0.501. The lowest BCUT2D eigenvalue weighted by atomic mass is 10.3. The van der Waals surface area contributed by atoms with E-state index in [1.54, 1.807) is 0 Å². The Morgan fingerprint density at radius 3 is 2.56 bits per heavy atom. The first-order valence-electron chi connectivity index (χ1n) is 9.94. The van der Waals surface area contributed by atoms with Gasteiger partial charge in [0.2, 0.25) is 0 Å². The fourth-order valence-corrected chi connectivity index (χ4v) is 3.32. The van der Waals surface area contributed by atoms with Crippen molar-refractivity contribution in [3.05, 3.63) is 48.5 Å². The van der Waals surface area contributed by atoms with E-state index in [1.807, 2.05) is 48.5 Å². The fourth-order valence-electron chi connectivity index (χ4n) is 3.32. The molecule has 1 unspecified atom stereocenters. The van der Waals surface area contributed by atoms with E-state index in [0.29, 0.717) is 0 Å². The van der Waals surface area contributed by atoms with E-state index in [-0.39, 0.29) is 0 Å². The topological polar surface area (TPSA) is 43.0 Å². The molecule has 1 fully saturated rings. The zero-order valence-electron chi connectivity index (χ0n) is 15.9. The molecular formula is C22H28N2O3. The predicted octanol–water partition coefficient (Wildman–Crippen LogP) is 4.35. The molecule has 2 aromatic rings. The van der Waals surface area contributed by atoms with Crippen LogP contribution in [0.1, 0.15) is 26.2 Å². The van der Waals surface area contributed by atoms with E-state index in [0.717, 1.165) is 48.6 Å². The lowest BCUT2D eigenvalue weighted by Crippen LogP contribution is -2.31. The molecule has 1 aliphatic carbocycles. The Kier molecular flexibility index (Phi) is 5.68. The Balaban J connectivity index is 1.22. The molecule has 1 aliphatic heterocycles. The van der Waals surface area contributed by atoms with Gasteiger partial charge in [-0.15, -0.1) is 0 Å². The molecule has 2 aliphatic rings. The molecule has 0 radical (unpaired) electrons. The highest BCUT2D eigenvalue weighted by atomic mass is 16.7. The molecule has 1 atom stereocenters. The highest BCUT2D eigenvalue weighted by molar-refractivity contribution is 5.59. The predicted molar refractivity (Wildman–Crippen MR) is 107 cm³/mol. The molecule has 144 valence electrons. The van der Waals surface area contributed by atoms with Gasteiger partial charge in [-0.2, -0.15) is 0 Å². The third-order valence-electron chi connectivity index (χ3n) is 4.89. The fraction of sp³-hybridized carbons (Fsp3) is 0.455. The van der Waals surface area contributed by atoms with Gasteiger partial charge in [-0.05, 0) is 68.1 Å². The van der Waals surface area contributed by atoms with Crippen molar-refractivity contribution in [3.63, 3.8) is 0 Å². The second-order valence-electron chi connectivity index (χ2n) is 7.27. The van der Waals surface area contributed by atoms with Gasteiger partial charge in [-0.3, -0.25) is 4.90 Å². The van der Waals surface area contributed by atoms with Gasteiger partial charge in [0.25, 0.3) is 0 Å². The van der Waals surface area contributed by atoms with Crippen LogP contribution in [0.4, 0.5) is 5.69 Å². The van der Waals surface area contributed by atoms with Crippen molar-refractivity contribution < 1.29 is 14.2 Å². The van der Waals surface area contributed by atoms with Crippen LogP contribution in [0, 0.1) is 5.92 Å². The van der Waals surface area contributed by atoms with Crippen molar-refractivity contribution in [2.75, 3.05) is 31.6 Å². The summed E-state index contributed by atoms with van der Waals surface area (Å²) in [5.74, 6) is 3.35. The number of hydrogen-bond donors (Lipinski definition) is 1. The first-order chi connectivity index (χ1) is 13.3. The van der Waals surface area contributed by atoms with Crippen LogP contribution in [0.25, 0.3) is 0 Å². The Labute approximate surface area is 161 Å². The summed E-state index contributed by atoms with van der Waals surface area (Å²) in [6, 6.07) is 15.5. The second-order valence-corrected chi connectivity index (χ2v) is 7.27. The number of fused-ring (bicyclic) bond motifs is 1. The SMILES string of the molecule is CCCN(CCOc1ccc(OC2Nc3ccccc3O2)cc1)CC1CC1. The number of anilines is 1. The van der Waals surface area contributed by atoms with Crippen molar-refractivity contribution in [1.29, 1.82) is 0 Å². The molecule has 0 aromatic heterocycles. The molecule has 2 aromatic carbocycles. The van der Waals surface area contributed by atoms with Crippen molar-refractivity contribution in [3.8, 4) is 17.2 Å². The molecule has 0 saturated heterocycles. The molecule has 0 bridgehead atoms. The highest BCUT2D eigenvalue weighted by Crippen LogP contribution is 2.32. The number of nitrogens with one attached hydrogen (secondary N) is 1. The van der Waals surface area contributed by atoms with Gasteiger partial charge < -0.3 is 19.5 Å². The number of ether oxygens (including phenoxy) is 3. The lowest BCUT2D eigenvalue weighted by molar-refractivity contribution is 0.0440. The van der Waals surface area contributed by atoms with Gasteiger partial charge in [0, 0.05) is 13.1 Å². The van der Waals surface area contributed by atoms with E-state index < -0.39 is 6.41 Å². The van der Waals surface area contributed by atoms with Gasteiger partial charge in [0.1, 0.15) is 23.9 Å². The van der Waals surface area contributed by atoms with Crippen molar-refractivity contribution in [2.45, 2.75) is 32.6 Å². The summed E-state index contributed by atoms with van der Waals surface area (Å²) in [7, 11) is 0. The van der Waals surface area contributed by atoms with Gasteiger partial charge in [0.05, 0.1) is 5.69 Å². The van der Waals surface area contributed by atoms with Crippen molar-refractivity contribution in [1.82, 2.24) is 4.90 Å². The summed E-state index contributed by atoms with van der Waals surface area (Å²) in [6.07, 6.45) is 3.49. The number of para-hydroxylation sites is 2. The second kappa shape index (κ2) is 8.53. The molecular weight excluding hydrogens is 340 g/mol. The van der Waals surface area contributed by atoms with E-state index in [1.165, 1.54) is 25.8 Å². The monoisotopic (exact) mass is 368 g/mol. The first kappa shape index (κ1) is 18.0. The van der Waals surface area contributed by atoms with Gasteiger partial charge in [-0.25, -0.2) is 0 Å². The molecule has 0 amide bonds. The molecule has 0 spiro atoms. The van der Waals surface area contributed by atoms with E-state index in [2.05, 4.69) is 17.1 Å². The maximum absolute atomic E-state index is 5.92. The van der Waals surface area contributed by atoms with E-state index in [4.69, 9.17) is 14.2 Å². The van der Waals surface area contributed by atoms with Crippen LogP contribution in [0.2, 0.25) is 0 Å². The smallest absolute Gasteiger partial charge is 0.325 e. The third kappa shape index (κ3) is 5.07. The molecule has 1 heterocycles. The standard InChI is InChI=1S/C22H28N2O3/c1-2-13-24(16-17-7-8-17)14-15-25-18-9-11-19(12-10-18)26-22-23-20-5-3-4-6-21(20)27-22/h3-6,9-12,17,22-23H,2,7-8,13-16H2,1H3. The number of hydrogen-bond acceptors (Lipinski definition) is 5. The lowest BCUT2D eigenvalue weighted by Gasteiger charge is -2.21. The molecule has 4 rings (SSSR count). The summed E-state index contributed by atoms with van der Waals surface area (Å²) >= 11 is 0. The molecule has 1 saturated carbocycles. The van der Waals surface area contributed by atoms with Crippen LogP contribution in [0.15, 0.2) is 48.5 Å². The van der Waals surface area contributed by atoms with Crippen LogP contribution in [-0.2, 0) is 0 Å². The zero-order valence-corrected chi connectivity index (χ0v) is 15.9. The van der Waals surface area contributed by atoms with Crippen LogP contribution < -0.4 is 19.5 Å². The Bertz CT molecular complexity index is 706. The van der Waals surface area contributed by atoms with E-state index >= 15 is 0 Å². The molecule has 5 nitrogen and oxygen atoms in total. The molecule has 1 N–H and O–H groups in total. The quantitative estimate of drug-likeness (QED) is 0.675. The average Bonchev–Trinajstić information content (AvgIpc) is 3.40. The number of benzene rings is 2. The van der Waals surface area contributed by atoms with Crippen LogP contribution in [0.3, 0.4) is 0 Å². The summed E-state index contributed by atoms with van der Waals surface area (Å²) in [5, 5.41) is 3.20. The summed E-state index contributed by atoms with van der Waals surface area (Å²) in [4.78, 5) is 2.52. The number of nitrogens with zero attached hydrogens (tertiary/aromatic N) is 1. The third-order valence-corrected chi connectivity index (χ3v) is 4.89. The maximum Gasteiger partial charge on any atom is 0.325 e. The normalized spacial score (nSPS) is 17.9. The Hall–Kier alpha value is -2.40. The maximum atomic E-state index is 5.92. The Morgan fingerprint density at radius 1 is 1.04 bits per heavy atom. The van der Waals surface area contributed by atoms with Crippen LogP contribution in [0.5, 0.6) is 17.2 Å². The average molecular weight is 368 g/mol. The summed E-state index contributed by atoms with van der Waals surface area (Å²) < 4.78 is 17.5. The molecule has 27 heavy (non-hydrogen) atoms. The summed E-state index contributed by atoms with van der Waals surface area (Å²) in [6.45, 7) is 6.32. The van der Waals surface area contributed by atoms with Gasteiger partial charge in [-0.1, -0.05) is 19.1 Å². The van der Waals surface area contributed by atoms with Crippen LogP contribution in [-0.4, -0.2) is 37.6 Å². The summed E-state index contributed by atoms with van der Waals surface area (Å²) in [5.41, 5.74) is 0.949. The van der Waals surface area contributed by atoms with Crippen LogP contribution >= 0.6 is 0 Å². The number of rotatable bonds is 10. The van der Waals surface area contributed by atoms with E-state index in [9.17, 15) is 0 Å². The zero-order chi connectivity index (χ0) is 18.5. The largest absolute Gasteiger partial charge is 0.492 e. The van der Waals surface area contributed by atoms with Crippen molar-refractivity contribution >= 4 is 5.69 Å². The molecule has 5 heteroatoms. The highest BCUT2D eigenvalue weighted by Gasteiger charge is 2.24. The van der Waals surface area contributed by atoms with Crippen molar-refractivity contribution in [2.24, 2.45) is 5.92 Å². The van der Waals surface area contributed by atoms with Gasteiger partial charge >= 0.3 is 6.41 Å². The van der Waals surface area contributed by atoms with Gasteiger partial charge in [0.15, 0.2) is 0 Å². The minimum atomic E-state index is -0.501. The minimum Gasteiger partial charge on any atom is -0.492 e. The first-order valence-corrected chi connectivity index (χ1v) is 9.94. The Morgan fingerprint density at radius 2 is 1.81 bits per heavy atom.